The van der Waals surface area contributed by atoms with Crippen molar-refractivity contribution in [1.82, 2.24) is 5.43 Å². The predicted molar refractivity (Wildman–Crippen MR) is 95.5 cm³/mol. The average molecular weight is 311 g/mol. The number of para-hydroxylation sites is 2. The second kappa shape index (κ2) is 8.59. The second-order valence-corrected chi connectivity index (χ2v) is 4.74. The third-order valence-electron chi connectivity index (χ3n) is 2.68. The summed E-state index contributed by atoms with van der Waals surface area (Å²) < 4.78 is 5.55. The Hall–Kier alpha value is -2.66. The van der Waals surface area contributed by atoms with Crippen LogP contribution in [-0.4, -0.2) is 17.9 Å². The lowest BCUT2D eigenvalue weighted by atomic mass is 10.2. The van der Waals surface area contributed by atoms with Crippen molar-refractivity contribution >= 4 is 29.2 Å². The summed E-state index contributed by atoms with van der Waals surface area (Å²) in [7, 11) is 0. The topological polar surface area (TPSA) is 45.6 Å². The van der Waals surface area contributed by atoms with Gasteiger partial charge in [0.05, 0.1) is 6.21 Å². The Bertz CT molecular complexity index is 656. The van der Waals surface area contributed by atoms with Crippen molar-refractivity contribution in [2.75, 3.05) is 11.9 Å². The van der Waals surface area contributed by atoms with Crippen LogP contribution < -0.4 is 15.5 Å². The number of hydrazone groups is 1. The minimum absolute atomic E-state index is 0.423. The molecule has 0 aliphatic rings. The minimum Gasteiger partial charge on any atom is -0.489 e. The molecule has 0 heterocycles. The molecule has 112 valence electrons. The molecule has 0 saturated carbocycles. The summed E-state index contributed by atoms with van der Waals surface area (Å²) in [5, 5.41) is 7.58. The number of rotatable bonds is 6. The molecule has 0 aliphatic heterocycles. The van der Waals surface area contributed by atoms with Crippen LogP contribution in [0.4, 0.5) is 5.69 Å². The van der Waals surface area contributed by atoms with Crippen molar-refractivity contribution < 1.29 is 4.74 Å². The van der Waals surface area contributed by atoms with Gasteiger partial charge in [-0.05, 0) is 36.5 Å². The highest BCUT2D eigenvalue weighted by atomic mass is 32.1. The molecule has 5 heteroatoms. The second-order valence-electron chi connectivity index (χ2n) is 4.33. The maximum atomic E-state index is 5.55. The van der Waals surface area contributed by atoms with Crippen molar-refractivity contribution in [3.05, 3.63) is 72.8 Å². The number of thiocarbonyl (C=S) groups is 1. The normalized spacial score (nSPS) is 10.2. The van der Waals surface area contributed by atoms with Crippen LogP contribution in [0.1, 0.15) is 5.56 Å². The van der Waals surface area contributed by atoms with Gasteiger partial charge in [0.15, 0.2) is 5.11 Å². The zero-order valence-corrected chi connectivity index (χ0v) is 12.8. The monoisotopic (exact) mass is 311 g/mol. The molecule has 0 saturated heterocycles. The van der Waals surface area contributed by atoms with Gasteiger partial charge in [-0.15, -0.1) is 0 Å². The maximum absolute atomic E-state index is 5.55. The lowest BCUT2D eigenvalue weighted by molar-refractivity contribution is 0.362. The van der Waals surface area contributed by atoms with Crippen LogP contribution in [0.5, 0.6) is 5.75 Å². The Labute approximate surface area is 135 Å². The number of nitrogens with zero attached hydrogens (tertiary/aromatic N) is 1. The molecule has 2 aromatic rings. The Morgan fingerprint density at radius 1 is 1.14 bits per heavy atom. The molecule has 2 N–H and O–H groups in total. The molecule has 0 fully saturated rings. The van der Waals surface area contributed by atoms with E-state index in [1.54, 1.807) is 12.3 Å². The van der Waals surface area contributed by atoms with Crippen LogP contribution in [-0.2, 0) is 0 Å². The summed E-state index contributed by atoms with van der Waals surface area (Å²) in [6, 6.07) is 17.3. The van der Waals surface area contributed by atoms with Crippen molar-refractivity contribution in [2.24, 2.45) is 5.10 Å². The molecule has 0 radical (unpaired) electrons. The smallest absolute Gasteiger partial charge is 0.191 e. The molecule has 0 unspecified atom stereocenters. The van der Waals surface area contributed by atoms with E-state index in [4.69, 9.17) is 17.0 Å². The van der Waals surface area contributed by atoms with Gasteiger partial charge >= 0.3 is 0 Å². The summed E-state index contributed by atoms with van der Waals surface area (Å²) in [4.78, 5) is 0. The van der Waals surface area contributed by atoms with Crippen molar-refractivity contribution in [1.29, 1.82) is 0 Å². The van der Waals surface area contributed by atoms with Gasteiger partial charge in [-0.2, -0.15) is 5.10 Å². The van der Waals surface area contributed by atoms with Gasteiger partial charge in [-0.1, -0.05) is 43.0 Å². The maximum Gasteiger partial charge on any atom is 0.191 e. The third-order valence-corrected chi connectivity index (χ3v) is 2.87. The third kappa shape index (κ3) is 5.03. The predicted octanol–water partition coefficient (Wildman–Crippen LogP) is 3.57. The molecule has 0 aliphatic carbocycles. The number of nitrogens with one attached hydrogen (secondary N) is 2. The summed E-state index contributed by atoms with van der Waals surface area (Å²) in [5.74, 6) is 0.745. The van der Waals surface area contributed by atoms with Crippen molar-refractivity contribution in [2.45, 2.75) is 0 Å². The molecule has 0 spiro atoms. The minimum atomic E-state index is 0.423. The Morgan fingerprint density at radius 2 is 1.86 bits per heavy atom. The van der Waals surface area contributed by atoms with Crippen LogP contribution in [0, 0.1) is 0 Å². The van der Waals surface area contributed by atoms with Gasteiger partial charge in [-0.25, -0.2) is 0 Å². The lowest BCUT2D eigenvalue weighted by Crippen LogP contribution is -2.23. The first kappa shape index (κ1) is 15.7. The van der Waals surface area contributed by atoms with E-state index in [-0.39, 0.29) is 0 Å². The SMILES string of the molecule is C=CCOc1ccccc1/C=N/NC(=S)Nc1ccccc1. The first-order valence-corrected chi connectivity index (χ1v) is 7.18. The molecule has 4 nitrogen and oxygen atoms in total. The molecule has 0 aromatic heterocycles. The van der Waals surface area contributed by atoms with E-state index in [1.807, 2.05) is 54.6 Å². The molecular weight excluding hydrogens is 294 g/mol. The van der Waals surface area contributed by atoms with Crippen LogP contribution in [0.25, 0.3) is 0 Å². The van der Waals surface area contributed by atoms with Crippen molar-refractivity contribution in [3.8, 4) is 5.75 Å². The lowest BCUT2D eigenvalue weighted by Gasteiger charge is -2.08. The highest BCUT2D eigenvalue weighted by Gasteiger charge is 1.99. The summed E-state index contributed by atoms with van der Waals surface area (Å²) in [5.41, 5.74) is 4.54. The summed E-state index contributed by atoms with van der Waals surface area (Å²) in [6.07, 6.45) is 3.36. The highest BCUT2D eigenvalue weighted by molar-refractivity contribution is 7.80. The molecule has 0 atom stereocenters. The zero-order valence-electron chi connectivity index (χ0n) is 12.0. The molecule has 0 bridgehead atoms. The van der Waals surface area contributed by atoms with Gasteiger partial charge < -0.3 is 10.1 Å². The largest absolute Gasteiger partial charge is 0.489 e. The molecular formula is C17H17N3OS. The average Bonchev–Trinajstić information content (AvgIpc) is 2.55. The van der Waals surface area contributed by atoms with Gasteiger partial charge in [0, 0.05) is 11.3 Å². The fourth-order valence-corrected chi connectivity index (χ4v) is 1.88. The zero-order chi connectivity index (χ0) is 15.6. The number of anilines is 1. The van der Waals surface area contributed by atoms with E-state index < -0.39 is 0 Å². The fraction of sp³-hybridized carbons (Fsp3) is 0.0588. The highest BCUT2D eigenvalue weighted by Crippen LogP contribution is 2.15. The van der Waals surface area contributed by atoms with Crippen molar-refractivity contribution in [3.63, 3.8) is 0 Å². The number of hydrogen-bond acceptors (Lipinski definition) is 3. The quantitative estimate of drug-likeness (QED) is 0.370. The van der Waals surface area contributed by atoms with Gasteiger partial charge in [0.1, 0.15) is 12.4 Å². The van der Waals surface area contributed by atoms with E-state index in [2.05, 4.69) is 22.4 Å². The Kier molecular flexibility index (Phi) is 6.14. The standard InChI is InChI=1S/C17H17N3OS/c1-2-12-21-16-11-7-6-8-14(16)13-18-20-17(22)19-15-9-4-3-5-10-15/h2-11,13H,1,12H2,(H2,19,20,22)/b18-13+. The van der Waals surface area contributed by atoms with Gasteiger partial charge in [-0.3, -0.25) is 5.43 Å². The number of ether oxygens (including phenoxy) is 1. The fourth-order valence-electron chi connectivity index (χ4n) is 1.71. The first-order chi connectivity index (χ1) is 10.8. The van der Waals surface area contributed by atoms with Gasteiger partial charge in [0.2, 0.25) is 0 Å². The van der Waals surface area contributed by atoms with Crippen LogP contribution >= 0.6 is 12.2 Å². The Morgan fingerprint density at radius 3 is 2.64 bits per heavy atom. The van der Waals surface area contributed by atoms with E-state index in [1.165, 1.54) is 0 Å². The molecule has 22 heavy (non-hydrogen) atoms. The van der Waals surface area contributed by atoms with E-state index >= 15 is 0 Å². The first-order valence-electron chi connectivity index (χ1n) is 6.77. The number of benzene rings is 2. The van der Waals surface area contributed by atoms with Crippen LogP contribution in [0.2, 0.25) is 0 Å². The summed E-state index contributed by atoms with van der Waals surface area (Å²) in [6.45, 7) is 4.08. The summed E-state index contributed by atoms with van der Waals surface area (Å²) >= 11 is 5.17. The van der Waals surface area contributed by atoms with Crippen LogP contribution in [0.15, 0.2) is 72.4 Å². The van der Waals surface area contributed by atoms with E-state index in [0.29, 0.717) is 11.7 Å². The van der Waals surface area contributed by atoms with Gasteiger partial charge in [0.25, 0.3) is 0 Å². The Balaban J connectivity index is 1.92. The van der Waals surface area contributed by atoms with E-state index in [0.717, 1.165) is 17.0 Å². The van der Waals surface area contributed by atoms with Crippen LogP contribution in [0.3, 0.4) is 0 Å². The molecule has 2 aromatic carbocycles. The number of hydrogen-bond donors (Lipinski definition) is 2. The molecule has 2 rings (SSSR count). The molecule has 0 amide bonds. The van der Waals surface area contributed by atoms with E-state index in [9.17, 15) is 0 Å².